The van der Waals surface area contributed by atoms with Crippen molar-refractivity contribution >= 4 is 30.3 Å². The van der Waals surface area contributed by atoms with Gasteiger partial charge in [-0.3, -0.25) is 9.79 Å². The highest BCUT2D eigenvalue weighted by Gasteiger charge is 2.41. The van der Waals surface area contributed by atoms with Crippen LogP contribution in [0.4, 0.5) is 9.18 Å². The molecule has 0 spiro atoms. The Bertz CT molecular complexity index is 872. The summed E-state index contributed by atoms with van der Waals surface area (Å²) in [5.74, 6) is -1.61. The second-order valence-corrected chi connectivity index (χ2v) is 6.78. The van der Waals surface area contributed by atoms with Crippen molar-refractivity contribution in [3.63, 3.8) is 0 Å². The Hall–Kier alpha value is -2.73. The van der Waals surface area contributed by atoms with E-state index in [1.165, 1.54) is 12.1 Å². The third-order valence-electron chi connectivity index (χ3n) is 4.53. The molecular weight excluding hydrogens is 371 g/mol. The first-order valence-corrected chi connectivity index (χ1v) is 8.76. The highest BCUT2D eigenvalue weighted by molar-refractivity contribution is 6.30. The largest absolute Gasteiger partial charge is 0.447 e. The monoisotopic (exact) mass is 388 g/mol. The van der Waals surface area contributed by atoms with E-state index in [9.17, 15) is 14.0 Å². The third-order valence-corrected chi connectivity index (χ3v) is 4.78. The Kier molecular flexibility index (Phi) is 5.56. The molecule has 1 aliphatic rings. The van der Waals surface area contributed by atoms with Crippen LogP contribution in [0, 0.1) is 5.82 Å². The van der Waals surface area contributed by atoms with E-state index in [0.717, 1.165) is 4.90 Å². The first-order valence-electron chi connectivity index (χ1n) is 8.39. The molecule has 7 heteroatoms. The van der Waals surface area contributed by atoms with E-state index < -0.39 is 35.8 Å². The predicted octanol–water partition coefficient (Wildman–Crippen LogP) is 4.05. The number of imide groups is 1. The molecule has 3 rings (SSSR count). The van der Waals surface area contributed by atoms with Crippen LogP contribution >= 0.6 is 11.6 Å². The Morgan fingerprint density at radius 1 is 1.30 bits per heavy atom. The van der Waals surface area contributed by atoms with Gasteiger partial charge in [-0.25, -0.2) is 14.1 Å². The maximum atomic E-state index is 13.9. The van der Waals surface area contributed by atoms with Crippen LogP contribution in [-0.2, 0) is 9.53 Å². The van der Waals surface area contributed by atoms with E-state index in [1.54, 1.807) is 43.3 Å². The van der Waals surface area contributed by atoms with Gasteiger partial charge in [0.25, 0.3) is 5.91 Å². The molecule has 2 aromatic rings. The minimum atomic E-state index is -1.03. The number of benzene rings is 2. The summed E-state index contributed by atoms with van der Waals surface area (Å²) in [5, 5.41) is 0.530. The lowest BCUT2D eigenvalue weighted by Crippen LogP contribution is -2.45. The van der Waals surface area contributed by atoms with Gasteiger partial charge < -0.3 is 4.74 Å². The zero-order chi connectivity index (χ0) is 19.6. The summed E-state index contributed by atoms with van der Waals surface area (Å²) in [7, 11) is 0. The zero-order valence-corrected chi connectivity index (χ0v) is 15.4. The molecule has 140 valence electrons. The minimum Gasteiger partial charge on any atom is -0.447 e. The summed E-state index contributed by atoms with van der Waals surface area (Å²) in [6, 6.07) is 11.3. The van der Waals surface area contributed by atoms with E-state index in [0.29, 0.717) is 16.1 Å². The first-order chi connectivity index (χ1) is 12.9. The molecule has 2 aromatic carbocycles. The van der Waals surface area contributed by atoms with Crippen LogP contribution in [0.3, 0.4) is 0 Å². The fraction of sp³-hybridized carbons (Fsp3) is 0.250. The minimum absolute atomic E-state index is 0.125. The molecule has 2 amide bonds. The molecular formula is C20H18ClFN2O3. The van der Waals surface area contributed by atoms with Crippen LogP contribution in [0.1, 0.15) is 24.0 Å². The van der Waals surface area contributed by atoms with Crippen molar-refractivity contribution in [3.05, 3.63) is 70.5 Å². The fourth-order valence-corrected chi connectivity index (χ4v) is 3.34. The Morgan fingerprint density at radius 2 is 2.00 bits per heavy atom. The van der Waals surface area contributed by atoms with Crippen molar-refractivity contribution in [2.75, 3.05) is 6.61 Å². The molecule has 1 saturated heterocycles. The molecule has 0 aliphatic carbocycles. The van der Waals surface area contributed by atoms with Gasteiger partial charge in [-0.15, -0.1) is 0 Å². The van der Waals surface area contributed by atoms with E-state index >= 15 is 0 Å². The lowest BCUT2D eigenvalue weighted by molar-refractivity contribution is -0.130. The van der Waals surface area contributed by atoms with Crippen LogP contribution in [-0.4, -0.2) is 42.3 Å². The van der Waals surface area contributed by atoms with Crippen LogP contribution in [0.5, 0.6) is 0 Å². The molecule has 0 unspecified atom stereocenters. The van der Waals surface area contributed by atoms with Gasteiger partial charge in [0.15, 0.2) is 0 Å². The lowest BCUT2D eigenvalue weighted by atomic mass is 9.84. The van der Waals surface area contributed by atoms with Crippen LogP contribution in [0.25, 0.3) is 0 Å². The Labute approximate surface area is 161 Å². The van der Waals surface area contributed by atoms with Gasteiger partial charge >= 0.3 is 6.09 Å². The molecule has 0 saturated carbocycles. The fourth-order valence-electron chi connectivity index (χ4n) is 3.22. The number of halogens is 2. The number of hydrogen-bond acceptors (Lipinski definition) is 4. The number of nitrogens with zero attached hydrogens (tertiary/aromatic N) is 2. The smallest absolute Gasteiger partial charge is 0.417 e. The van der Waals surface area contributed by atoms with Gasteiger partial charge in [-0.1, -0.05) is 35.9 Å². The van der Waals surface area contributed by atoms with Crippen molar-refractivity contribution in [3.8, 4) is 0 Å². The SMILES string of the molecule is C=N[C@H](C(=O)N1C(=O)OC[C@@H]1C)[C@@H](c1ccc(Cl)cc1)c1cccc(F)c1. The summed E-state index contributed by atoms with van der Waals surface area (Å²) < 4.78 is 18.8. The number of carbonyl (C=O) groups excluding carboxylic acids is 2. The molecule has 1 heterocycles. The molecule has 0 N–H and O–H groups in total. The summed E-state index contributed by atoms with van der Waals surface area (Å²) in [4.78, 5) is 30.1. The Morgan fingerprint density at radius 3 is 2.56 bits per heavy atom. The average Bonchev–Trinajstić information content (AvgIpc) is 2.98. The predicted molar refractivity (Wildman–Crippen MR) is 101 cm³/mol. The van der Waals surface area contributed by atoms with E-state index in [1.807, 2.05) is 0 Å². The number of carbonyl (C=O) groups is 2. The van der Waals surface area contributed by atoms with Crippen molar-refractivity contribution in [2.45, 2.75) is 24.9 Å². The number of rotatable bonds is 5. The number of cyclic esters (lactones) is 1. The van der Waals surface area contributed by atoms with Crippen molar-refractivity contribution in [1.29, 1.82) is 0 Å². The van der Waals surface area contributed by atoms with Gasteiger partial charge in [0, 0.05) is 10.9 Å². The maximum absolute atomic E-state index is 13.9. The van der Waals surface area contributed by atoms with Gasteiger partial charge in [0.05, 0.1) is 6.04 Å². The number of amides is 2. The Balaban J connectivity index is 2.07. The summed E-state index contributed by atoms with van der Waals surface area (Å²) >= 11 is 5.97. The van der Waals surface area contributed by atoms with E-state index in [-0.39, 0.29) is 6.61 Å². The van der Waals surface area contributed by atoms with Crippen LogP contribution < -0.4 is 0 Å². The molecule has 0 aromatic heterocycles. The van der Waals surface area contributed by atoms with Crippen molar-refractivity contribution in [1.82, 2.24) is 4.90 Å². The van der Waals surface area contributed by atoms with Crippen molar-refractivity contribution in [2.24, 2.45) is 4.99 Å². The number of ether oxygens (including phenoxy) is 1. The van der Waals surface area contributed by atoms with Crippen molar-refractivity contribution < 1.29 is 18.7 Å². The van der Waals surface area contributed by atoms with Gasteiger partial charge in [-0.2, -0.15) is 0 Å². The van der Waals surface area contributed by atoms with Gasteiger partial charge in [0.2, 0.25) is 0 Å². The quantitative estimate of drug-likeness (QED) is 0.726. The first kappa shape index (κ1) is 19.0. The molecule has 27 heavy (non-hydrogen) atoms. The third kappa shape index (κ3) is 3.85. The maximum Gasteiger partial charge on any atom is 0.417 e. The topological polar surface area (TPSA) is 59.0 Å². The normalized spacial score (nSPS) is 18.7. The van der Waals surface area contributed by atoms with E-state index in [4.69, 9.17) is 16.3 Å². The van der Waals surface area contributed by atoms with Crippen LogP contribution in [0.2, 0.25) is 5.02 Å². The van der Waals surface area contributed by atoms with Gasteiger partial charge in [-0.05, 0) is 49.0 Å². The molecule has 1 aliphatic heterocycles. The highest BCUT2D eigenvalue weighted by Crippen LogP contribution is 2.33. The van der Waals surface area contributed by atoms with Gasteiger partial charge in [0.1, 0.15) is 18.5 Å². The molecule has 3 atom stereocenters. The number of aliphatic imine (C=N–C) groups is 1. The average molecular weight is 389 g/mol. The summed E-state index contributed by atoms with van der Waals surface area (Å²) in [6.07, 6.45) is -0.713. The molecule has 5 nitrogen and oxygen atoms in total. The summed E-state index contributed by atoms with van der Waals surface area (Å²) in [5.41, 5.74) is 1.25. The lowest BCUT2D eigenvalue weighted by Gasteiger charge is -2.27. The highest BCUT2D eigenvalue weighted by atomic mass is 35.5. The van der Waals surface area contributed by atoms with Crippen LogP contribution in [0.15, 0.2) is 53.5 Å². The molecule has 0 bridgehead atoms. The standard InChI is InChI=1S/C20H18ClFN2O3/c1-12-11-27-20(26)24(12)19(25)18(23-2)17(13-6-8-15(21)9-7-13)14-4-3-5-16(22)10-14/h3-10,12,17-18H,2,11H2,1H3/t12-,17-,18-/m0/s1. The number of hydrogen-bond donors (Lipinski definition) is 0. The second kappa shape index (κ2) is 7.88. The second-order valence-electron chi connectivity index (χ2n) is 6.35. The molecule has 1 fully saturated rings. The molecule has 0 radical (unpaired) electrons. The van der Waals surface area contributed by atoms with E-state index in [2.05, 4.69) is 11.7 Å². The summed E-state index contributed by atoms with van der Waals surface area (Å²) in [6.45, 7) is 5.38. The zero-order valence-electron chi connectivity index (χ0n) is 14.6.